The minimum Gasteiger partial charge on any atom is -0.398 e. The summed E-state index contributed by atoms with van der Waals surface area (Å²) in [6.45, 7) is 0.0738. The van der Waals surface area contributed by atoms with Gasteiger partial charge in [-0.3, -0.25) is 0 Å². The van der Waals surface area contributed by atoms with Crippen molar-refractivity contribution in [2.75, 3.05) is 5.73 Å². The van der Waals surface area contributed by atoms with Crippen LogP contribution in [0.25, 0.3) is 11.4 Å². The number of halogens is 4. The van der Waals surface area contributed by atoms with Crippen molar-refractivity contribution in [3.05, 3.63) is 23.2 Å². The number of rotatable bonds is 4. The summed E-state index contributed by atoms with van der Waals surface area (Å²) >= 11 is 5.81. The van der Waals surface area contributed by atoms with E-state index in [1.54, 1.807) is 18.2 Å². The first kappa shape index (κ1) is 14.6. The molecule has 0 fully saturated rings. The Hall–Kier alpha value is -1.83. The molecule has 2 rings (SSSR count). The summed E-state index contributed by atoms with van der Waals surface area (Å²) in [5, 5.41) is 11.3. The number of tetrazole rings is 1. The summed E-state index contributed by atoms with van der Waals surface area (Å²) in [5.41, 5.74) is 6.63. The second kappa shape index (κ2) is 5.66. The van der Waals surface area contributed by atoms with Gasteiger partial charge in [-0.05, 0) is 35.0 Å². The summed E-state index contributed by atoms with van der Waals surface area (Å²) < 4.78 is 37.7. The molecule has 0 unspecified atom stereocenters. The van der Waals surface area contributed by atoms with Gasteiger partial charge in [0.25, 0.3) is 0 Å². The van der Waals surface area contributed by atoms with Gasteiger partial charge < -0.3 is 5.73 Å². The monoisotopic (exact) mass is 305 g/mol. The minimum absolute atomic E-state index is 0.0738. The van der Waals surface area contributed by atoms with Crippen molar-refractivity contribution < 1.29 is 13.2 Å². The van der Waals surface area contributed by atoms with Gasteiger partial charge in [-0.25, -0.2) is 4.68 Å². The summed E-state index contributed by atoms with van der Waals surface area (Å²) in [7, 11) is 0. The van der Waals surface area contributed by atoms with Gasteiger partial charge in [0.2, 0.25) is 0 Å². The van der Waals surface area contributed by atoms with Crippen LogP contribution in [0, 0.1) is 0 Å². The molecule has 0 amide bonds. The molecule has 9 heteroatoms. The first-order valence-electron chi connectivity index (χ1n) is 5.75. The molecular weight excluding hydrogens is 295 g/mol. The second-order valence-electron chi connectivity index (χ2n) is 4.18. The number of benzene rings is 1. The molecule has 1 heterocycles. The van der Waals surface area contributed by atoms with Crippen LogP contribution < -0.4 is 5.73 Å². The van der Waals surface area contributed by atoms with Crippen LogP contribution in [0.3, 0.4) is 0 Å². The summed E-state index contributed by atoms with van der Waals surface area (Å²) in [5.74, 6) is 0.357. The van der Waals surface area contributed by atoms with Crippen LogP contribution in [0.4, 0.5) is 18.9 Å². The van der Waals surface area contributed by atoms with E-state index in [0.717, 1.165) is 0 Å². The van der Waals surface area contributed by atoms with Crippen LogP contribution in [0.1, 0.15) is 12.8 Å². The molecular formula is C11H11ClF3N5. The normalized spacial score (nSPS) is 11.8. The minimum atomic E-state index is -4.18. The van der Waals surface area contributed by atoms with Gasteiger partial charge in [0.05, 0.1) is 10.7 Å². The van der Waals surface area contributed by atoms with Crippen molar-refractivity contribution in [1.82, 2.24) is 20.2 Å². The summed E-state index contributed by atoms with van der Waals surface area (Å²) in [6, 6.07) is 4.82. The van der Waals surface area contributed by atoms with Gasteiger partial charge in [-0.2, -0.15) is 13.2 Å². The van der Waals surface area contributed by atoms with Gasteiger partial charge in [-0.1, -0.05) is 11.6 Å². The molecule has 2 N–H and O–H groups in total. The largest absolute Gasteiger partial charge is 0.398 e. The molecule has 1 aromatic heterocycles. The van der Waals surface area contributed by atoms with E-state index in [9.17, 15) is 13.2 Å². The van der Waals surface area contributed by atoms with Crippen molar-refractivity contribution in [2.45, 2.75) is 25.6 Å². The lowest BCUT2D eigenvalue weighted by Crippen LogP contribution is -2.10. The number of nitrogens with zero attached hydrogens (tertiary/aromatic N) is 4. The van der Waals surface area contributed by atoms with E-state index in [-0.39, 0.29) is 13.0 Å². The third-order valence-corrected chi connectivity index (χ3v) is 2.96. The van der Waals surface area contributed by atoms with Gasteiger partial charge in [0, 0.05) is 18.5 Å². The number of aryl methyl sites for hydroxylation is 1. The number of anilines is 1. The van der Waals surface area contributed by atoms with Gasteiger partial charge in [0.15, 0.2) is 5.82 Å². The first-order valence-corrected chi connectivity index (χ1v) is 6.13. The average Bonchev–Trinajstić information content (AvgIpc) is 2.79. The van der Waals surface area contributed by atoms with Crippen LogP contribution in [-0.2, 0) is 6.54 Å². The number of hydrogen-bond acceptors (Lipinski definition) is 4. The lowest BCUT2D eigenvalue weighted by atomic mass is 10.2. The number of hydrogen-bond donors (Lipinski definition) is 1. The Balaban J connectivity index is 2.14. The zero-order valence-corrected chi connectivity index (χ0v) is 11.0. The van der Waals surface area contributed by atoms with Crippen molar-refractivity contribution in [2.24, 2.45) is 0 Å². The molecule has 0 aliphatic carbocycles. The highest BCUT2D eigenvalue weighted by Gasteiger charge is 2.26. The molecule has 0 aliphatic rings. The molecule has 0 atom stereocenters. The van der Waals surface area contributed by atoms with Crippen LogP contribution in [0.2, 0.25) is 5.02 Å². The first-order chi connectivity index (χ1) is 9.37. The fourth-order valence-corrected chi connectivity index (χ4v) is 1.79. The van der Waals surface area contributed by atoms with Gasteiger partial charge in [-0.15, -0.1) is 5.10 Å². The van der Waals surface area contributed by atoms with Crippen LogP contribution in [0.15, 0.2) is 18.2 Å². The molecule has 0 saturated heterocycles. The standard InChI is InChI=1S/C11H11ClF3N5/c12-8-3-2-7(6-9(8)16)10-17-18-19-20(10)5-1-4-11(13,14)15/h2-3,6H,1,4-5,16H2. The Morgan fingerprint density at radius 1 is 1.30 bits per heavy atom. The Kier molecular flexibility index (Phi) is 4.12. The Morgan fingerprint density at radius 3 is 2.70 bits per heavy atom. The van der Waals surface area contributed by atoms with E-state index < -0.39 is 12.6 Å². The number of alkyl halides is 3. The molecule has 0 radical (unpaired) electrons. The van der Waals surface area contributed by atoms with E-state index in [0.29, 0.717) is 22.1 Å². The van der Waals surface area contributed by atoms with Crippen LogP contribution in [0.5, 0.6) is 0 Å². The maximum atomic E-state index is 12.1. The summed E-state index contributed by atoms with van der Waals surface area (Å²) in [4.78, 5) is 0. The highest BCUT2D eigenvalue weighted by atomic mass is 35.5. The van der Waals surface area contributed by atoms with E-state index in [2.05, 4.69) is 15.5 Å². The van der Waals surface area contributed by atoms with Crippen molar-refractivity contribution in [3.8, 4) is 11.4 Å². The highest BCUT2D eigenvalue weighted by Crippen LogP contribution is 2.26. The second-order valence-corrected chi connectivity index (χ2v) is 4.59. The van der Waals surface area contributed by atoms with Gasteiger partial charge >= 0.3 is 6.18 Å². The Labute approximate surface area is 117 Å². The molecule has 0 aliphatic heterocycles. The van der Waals surface area contributed by atoms with E-state index in [4.69, 9.17) is 17.3 Å². The SMILES string of the molecule is Nc1cc(-c2nnnn2CCCC(F)(F)F)ccc1Cl. The third kappa shape index (κ3) is 3.60. The molecule has 5 nitrogen and oxygen atoms in total. The molecule has 0 spiro atoms. The lowest BCUT2D eigenvalue weighted by molar-refractivity contribution is -0.136. The zero-order chi connectivity index (χ0) is 14.8. The van der Waals surface area contributed by atoms with Crippen molar-refractivity contribution in [3.63, 3.8) is 0 Å². The molecule has 1 aromatic carbocycles. The van der Waals surface area contributed by atoms with Crippen LogP contribution >= 0.6 is 11.6 Å². The fourth-order valence-electron chi connectivity index (χ4n) is 1.67. The summed E-state index contributed by atoms with van der Waals surface area (Å²) in [6.07, 6.45) is -5.15. The third-order valence-electron chi connectivity index (χ3n) is 2.62. The predicted octanol–water partition coefficient (Wildman–Crippen LogP) is 2.92. The molecule has 0 bridgehead atoms. The smallest absolute Gasteiger partial charge is 0.389 e. The highest BCUT2D eigenvalue weighted by molar-refractivity contribution is 6.33. The predicted molar refractivity (Wildman–Crippen MR) is 68.0 cm³/mol. The van der Waals surface area contributed by atoms with E-state index >= 15 is 0 Å². The lowest BCUT2D eigenvalue weighted by Gasteiger charge is -2.07. The van der Waals surface area contributed by atoms with Crippen LogP contribution in [-0.4, -0.2) is 26.4 Å². The quantitative estimate of drug-likeness (QED) is 0.882. The Morgan fingerprint density at radius 2 is 2.05 bits per heavy atom. The number of aromatic nitrogens is 4. The Bertz CT molecular complexity index is 596. The zero-order valence-electron chi connectivity index (χ0n) is 10.2. The van der Waals surface area contributed by atoms with Crippen molar-refractivity contribution >= 4 is 17.3 Å². The molecule has 0 saturated carbocycles. The maximum Gasteiger partial charge on any atom is 0.389 e. The molecule has 108 valence electrons. The van der Waals surface area contributed by atoms with Crippen molar-refractivity contribution in [1.29, 1.82) is 0 Å². The number of nitrogens with two attached hydrogens (primary N) is 1. The maximum absolute atomic E-state index is 12.1. The average molecular weight is 306 g/mol. The van der Waals surface area contributed by atoms with E-state index in [1.807, 2.05) is 0 Å². The van der Waals surface area contributed by atoms with E-state index in [1.165, 1.54) is 4.68 Å². The number of nitrogen functional groups attached to an aromatic ring is 1. The molecule has 20 heavy (non-hydrogen) atoms. The topological polar surface area (TPSA) is 69.6 Å². The molecule has 2 aromatic rings. The van der Waals surface area contributed by atoms with Gasteiger partial charge in [0.1, 0.15) is 0 Å². The fraction of sp³-hybridized carbons (Fsp3) is 0.364.